The first-order valence-corrected chi connectivity index (χ1v) is 14.1. The quantitative estimate of drug-likeness (QED) is 0.264. The monoisotopic (exact) mass is 572 g/mol. The molecule has 4 aromatic rings. The van der Waals surface area contributed by atoms with Crippen LogP contribution in [0.15, 0.2) is 77.3 Å². The van der Waals surface area contributed by atoms with Gasteiger partial charge in [-0.25, -0.2) is 9.78 Å². The van der Waals surface area contributed by atoms with Crippen LogP contribution in [0.3, 0.4) is 0 Å². The summed E-state index contributed by atoms with van der Waals surface area (Å²) in [7, 11) is 1.58. The van der Waals surface area contributed by atoms with Crippen molar-refractivity contribution < 1.29 is 44.1 Å². The van der Waals surface area contributed by atoms with Crippen LogP contribution in [0.5, 0.6) is 0 Å². The van der Waals surface area contributed by atoms with E-state index in [4.69, 9.17) is 20.8 Å². The second-order valence-corrected chi connectivity index (χ2v) is 10.4. The molecule has 7 nitrogen and oxygen atoms in total. The van der Waals surface area contributed by atoms with Gasteiger partial charge in [0.1, 0.15) is 12.1 Å². The van der Waals surface area contributed by atoms with E-state index < -0.39 is 24.0 Å². The van der Waals surface area contributed by atoms with Crippen molar-refractivity contribution in [1.29, 1.82) is 0 Å². The fourth-order valence-corrected chi connectivity index (χ4v) is 4.90. The van der Waals surface area contributed by atoms with E-state index in [1.54, 1.807) is 37.6 Å². The van der Waals surface area contributed by atoms with Gasteiger partial charge in [-0.15, -0.1) is 0 Å². The van der Waals surface area contributed by atoms with E-state index in [-0.39, 0.29) is 20.3 Å². The summed E-state index contributed by atoms with van der Waals surface area (Å²) in [6.45, 7) is 1.96. The number of hydrogen-bond acceptors (Lipinski definition) is 6. The van der Waals surface area contributed by atoms with Crippen LogP contribution in [0.1, 0.15) is 41.2 Å². The van der Waals surface area contributed by atoms with Gasteiger partial charge in [-0.3, -0.25) is 4.79 Å². The van der Waals surface area contributed by atoms with E-state index in [9.17, 15) is 14.7 Å². The van der Waals surface area contributed by atoms with Gasteiger partial charge in [0.15, 0.2) is 5.76 Å². The Morgan fingerprint density at radius 2 is 1.85 bits per heavy atom. The summed E-state index contributed by atoms with van der Waals surface area (Å²) in [5, 5.41) is 12.9. The van der Waals surface area contributed by atoms with Crippen molar-refractivity contribution in [1.82, 2.24) is 10.3 Å². The standard InChI is InChI=1S/C30H29ClN2O5S.Li.H/c1-18-6-4-5-7-22(18)24-16-20(10-13-23(24)28(34)33-25(30(35)36)14-15-39-3)27(37-2)26-17-32-29(38-26)19-8-11-21(31)12-9-19;;/h4-13,16-17,25,27H,14-15H2,1-3H3,(H,33,34)(H,35,36);;/q;+1;-1. The molecule has 0 aliphatic carbocycles. The molecule has 0 spiro atoms. The van der Waals surface area contributed by atoms with Crippen molar-refractivity contribution in [2.75, 3.05) is 19.1 Å². The molecule has 0 aliphatic heterocycles. The van der Waals surface area contributed by atoms with Gasteiger partial charge in [0.05, 0.1) is 6.20 Å². The van der Waals surface area contributed by atoms with E-state index in [1.165, 1.54) is 11.8 Å². The Morgan fingerprint density at radius 1 is 1.12 bits per heavy atom. The molecule has 0 fully saturated rings. The Morgan fingerprint density at radius 3 is 2.50 bits per heavy atom. The number of oxazole rings is 1. The number of carbonyl (C=O) groups excluding carboxylic acids is 1. The van der Waals surface area contributed by atoms with Gasteiger partial charge in [-0.05, 0) is 84.0 Å². The van der Waals surface area contributed by atoms with E-state index in [1.807, 2.05) is 55.6 Å². The molecule has 0 saturated heterocycles. The van der Waals surface area contributed by atoms with Crippen molar-refractivity contribution in [3.63, 3.8) is 0 Å². The number of aromatic nitrogens is 1. The summed E-state index contributed by atoms with van der Waals surface area (Å²) in [5.74, 6) is 0.0350. The van der Waals surface area contributed by atoms with Crippen molar-refractivity contribution in [2.45, 2.75) is 25.5 Å². The SMILES string of the molecule is COC(c1ccc(C(=O)NC(CCSC)C(=O)O)c(-c2ccccc2C)c1)c1cnc(-c2ccc(Cl)cc2)o1.[H-].[Li+]. The van der Waals surface area contributed by atoms with Crippen LogP contribution in [-0.4, -0.2) is 47.1 Å². The molecule has 2 N–H and O–H groups in total. The number of halogens is 1. The van der Waals surface area contributed by atoms with Crippen LogP contribution in [0, 0.1) is 6.92 Å². The average Bonchev–Trinajstić information content (AvgIpc) is 3.41. The second kappa shape index (κ2) is 14.6. The van der Waals surface area contributed by atoms with Crippen LogP contribution in [-0.2, 0) is 9.53 Å². The Labute approximate surface area is 256 Å². The normalized spacial score (nSPS) is 12.3. The molecule has 40 heavy (non-hydrogen) atoms. The van der Waals surface area contributed by atoms with Crippen molar-refractivity contribution in [2.24, 2.45) is 0 Å². The molecule has 0 aliphatic rings. The summed E-state index contributed by atoms with van der Waals surface area (Å²) in [4.78, 5) is 29.6. The molecule has 1 heterocycles. The van der Waals surface area contributed by atoms with Crippen molar-refractivity contribution in [3.05, 3.63) is 100 Å². The number of carboxylic acids is 1. The van der Waals surface area contributed by atoms with Crippen LogP contribution < -0.4 is 24.2 Å². The third-order valence-electron chi connectivity index (χ3n) is 6.35. The molecule has 2 atom stereocenters. The number of methoxy groups -OCH3 is 1. The van der Waals surface area contributed by atoms with Crippen LogP contribution in [0.25, 0.3) is 22.6 Å². The van der Waals surface area contributed by atoms with Crippen LogP contribution >= 0.6 is 23.4 Å². The van der Waals surface area contributed by atoms with Gasteiger partial charge in [-0.2, -0.15) is 11.8 Å². The van der Waals surface area contributed by atoms with Gasteiger partial charge in [-0.1, -0.05) is 41.9 Å². The number of nitrogens with one attached hydrogen (secondary N) is 1. The number of benzene rings is 3. The first-order valence-electron chi connectivity index (χ1n) is 12.3. The molecular formula is C30H30ClLiN2O5S. The summed E-state index contributed by atoms with van der Waals surface area (Å²) < 4.78 is 11.9. The van der Waals surface area contributed by atoms with Crippen molar-refractivity contribution >= 4 is 35.2 Å². The number of amides is 1. The zero-order valence-corrected chi connectivity index (χ0v) is 24.4. The maximum Gasteiger partial charge on any atom is 1.00 e. The van der Waals surface area contributed by atoms with E-state index >= 15 is 0 Å². The fourth-order valence-electron chi connectivity index (χ4n) is 4.30. The predicted molar refractivity (Wildman–Crippen MR) is 155 cm³/mol. The number of nitrogens with zero attached hydrogens (tertiary/aromatic N) is 1. The van der Waals surface area contributed by atoms with Gasteiger partial charge in [0, 0.05) is 23.3 Å². The minimum Gasteiger partial charge on any atom is -1.00 e. The topological polar surface area (TPSA) is 102 Å². The third-order valence-corrected chi connectivity index (χ3v) is 7.25. The molecule has 0 radical (unpaired) electrons. The van der Waals surface area contributed by atoms with Gasteiger partial charge in [0.2, 0.25) is 5.89 Å². The van der Waals surface area contributed by atoms with E-state index in [0.29, 0.717) is 40.0 Å². The van der Waals surface area contributed by atoms with E-state index in [0.717, 1.165) is 22.3 Å². The predicted octanol–water partition coefficient (Wildman–Crippen LogP) is 3.76. The van der Waals surface area contributed by atoms with Crippen molar-refractivity contribution in [3.8, 4) is 22.6 Å². The molecule has 4 rings (SSSR count). The Balaban J connectivity index is 0.00000294. The van der Waals surface area contributed by atoms with E-state index in [2.05, 4.69) is 10.3 Å². The maximum absolute atomic E-state index is 13.4. The molecular weight excluding hydrogens is 543 g/mol. The van der Waals surface area contributed by atoms with Gasteiger partial charge in [0.25, 0.3) is 5.91 Å². The Kier molecular flexibility index (Phi) is 11.5. The largest absolute Gasteiger partial charge is 1.00 e. The number of hydrogen-bond donors (Lipinski definition) is 2. The minimum atomic E-state index is -1.06. The maximum atomic E-state index is 13.4. The number of carboxylic acid groups (broad SMARTS) is 1. The zero-order valence-electron chi connectivity index (χ0n) is 23.8. The first-order chi connectivity index (χ1) is 18.8. The number of rotatable bonds is 11. The molecule has 3 aromatic carbocycles. The molecule has 204 valence electrons. The summed E-state index contributed by atoms with van der Waals surface area (Å²) >= 11 is 7.53. The molecule has 10 heteroatoms. The molecule has 1 aromatic heterocycles. The number of ether oxygens (including phenoxy) is 1. The second-order valence-electron chi connectivity index (χ2n) is 8.96. The fraction of sp³-hybridized carbons (Fsp3) is 0.233. The summed E-state index contributed by atoms with van der Waals surface area (Å²) in [5.41, 5.74) is 4.40. The van der Waals surface area contributed by atoms with Crippen LogP contribution in [0.4, 0.5) is 0 Å². The van der Waals surface area contributed by atoms with Gasteiger partial charge >= 0.3 is 24.8 Å². The average molecular weight is 573 g/mol. The van der Waals surface area contributed by atoms with Crippen LogP contribution in [0.2, 0.25) is 5.02 Å². The Hall–Kier alpha value is -2.99. The summed E-state index contributed by atoms with van der Waals surface area (Å²) in [6, 6.07) is 19.3. The molecule has 1 amide bonds. The number of aliphatic carboxylic acids is 1. The zero-order chi connectivity index (χ0) is 27.9. The number of thioether (sulfide) groups is 1. The van der Waals surface area contributed by atoms with Gasteiger partial charge < -0.3 is 21.0 Å². The Bertz CT molecular complexity index is 1470. The molecule has 2 unspecified atom stereocenters. The molecule has 0 saturated carbocycles. The number of carbonyl (C=O) groups is 2. The summed E-state index contributed by atoms with van der Waals surface area (Å²) in [6.07, 6.45) is 3.25. The first kappa shape index (κ1) is 31.5. The number of aryl methyl sites for hydroxylation is 1. The third kappa shape index (κ3) is 7.39. The molecule has 0 bridgehead atoms. The smallest absolute Gasteiger partial charge is 1.00 e. The minimum absolute atomic E-state index is 0.